The van der Waals surface area contributed by atoms with Crippen LogP contribution >= 0.6 is 0 Å². The van der Waals surface area contributed by atoms with Gasteiger partial charge >= 0.3 is 8.56 Å². The van der Waals surface area contributed by atoms with Crippen molar-refractivity contribution < 1.29 is 13.6 Å². The van der Waals surface area contributed by atoms with Crippen molar-refractivity contribution in [1.82, 2.24) is 14.0 Å². The first-order valence-electron chi connectivity index (χ1n) is 17.9. The van der Waals surface area contributed by atoms with Crippen LogP contribution < -0.4 is 34.3 Å². The minimum atomic E-state index is -3.17. The summed E-state index contributed by atoms with van der Waals surface area (Å²) in [5.41, 5.74) is 5.29. The Bertz CT molecular complexity index is 2770. The van der Waals surface area contributed by atoms with E-state index in [0.717, 1.165) is 44.5 Å². The Morgan fingerprint density at radius 1 is 0.509 bits per heavy atom. The van der Waals surface area contributed by atoms with E-state index in [1.165, 1.54) is 15.6 Å². The molecule has 0 fully saturated rings. The highest BCUT2D eigenvalue weighted by Crippen LogP contribution is 2.41. The van der Waals surface area contributed by atoms with Crippen molar-refractivity contribution in [2.75, 3.05) is 0 Å². The predicted molar refractivity (Wildman–Crippen MR) is 218 cm³/mol. The van der Waals surface area contributed by atoms with E-state index in [9.17, 15) is 0 Å². The van der Waals surface area contributed by atoms with Crippen LogP contribution in [0.2, 0.25) is 13.1 Å². The van der Waals surface area contributed by atoms with Gasteiger partial charge in [-0.1, -0.05) is 121 Å². The van der Waals surface area contributed by atoms with Crippen LogP contribution in [0.15, 0.2) is 176 Å². The van der Waals surface area contributed by atoms with Gasteiger partial charge in [0.2, 0.25) is 5.78 Å². The van der Waals surface area contributed by atoms with E-state index in [1.54, 1.807) is 0 Å². The van der Waals surface area contributed by atoms with Gasteiger partial charge in [-0.25, -0.2) is 4.98 Å². The van der Waals surface area contributed by atoms with Gasteiger partial charge in [0.15, 0.2) is 19.6 Å². The smallest absolute Gasteiger partial charge is 0.454 e. The van der Waals surface area contributed by atoms with Crippen molar-refractivity contribution >= 4 is 65.2 Å². The molecule has 0 amide bonds. The topological polar surface area (TPSA) is 49.9 Å². The molecule has 1 aliphatic rings. The molecular weight excluding hydrogens is 687 g/mol. The normalized spacial score (nSPS) is 13.7. The average molecular weight is 722 g/mol. The van der Waals surface area contributed by atoms with Gasteiger partial charge in [-0.2, -0.15) is 0 Å². The highest BCUT2D eigenvalue weighted by atomic mass is 28.4. The molecule has 9 aromatic rings. The Balaban J connectivity index is 1.30. The van der Waals surface area contributed by atoms with Crippen molar-refractivity contribution in [2.24, 2.45) is 0 Å². The first-order chi connectivity index (χ1) is 26.0. The Labute approximate surface area is 309 Å². The maximum absolute atomic E-state index is 7.02. The van der Waals surface area contributed by atoms with Crippen molar-refractivity contribution in [1.29, 1.82) is 0 Å². The minimum Gasteiger partial charge on any atom is -0.509 e. The third-order valence-electron chi connectivity index (χ3n) is 10.2. The number of benzene rings is 7. The first-order valence-corrected chi connectivity index (χ1v) is 22.7. The zero-order valence-corrected chi connectivity index (χ0v) is 31.3. The van der Waals surface area contributed by atoms with Crippen LogP contribution in [-0.4, -0.2) is 30.6 Å². The van der Waals surface area contributed by atoms with Gasteiger partial charge < -0.3 is 13.6 Å². The number of hydrogen-bond donors (Lipinski definition) is 0. The number of ether oxygens (including phenoxy) is 1. The fraction of sp³-hybridized carbons (Fsp3) is 0.0444. The summed E-state index contributed by atoms with van der Waals surface area (Å²) in [5, 5.41) is 4.77. The molecule has 6 nitrogen and oxygen atoms in total. The molecule has 10 rings (SSSR count). The average Bonchev–Trinajstić information content (AvgIpc) is 3.72. The summed E-state index contributed by atoms with van der Waals surface area (Å²) in [6, 6.07) is 62.1. The number of aromatic nitrogens is 3. The number of fused-ring (bicyclic) bond motifs is 7. The maximum Gasteiger partial charge on any atom is 0.454 e. The number of para-hydroxylation sites is 7. The molecule has 53 heavy (non-hydrogen) atoms. The molecule has 0 saturated heterocycles. The Morgan fingerprint density at radius 3 is 1.83 bits per heavy atom. The molecule has 0 aliphatic carbocycles. The van der Waals surface area contributed by atoms with Gasteiger partial charge in [0.05, 0.1) is 22.1 Å². The number of imidazole rings is 2. The van der Waals surface area contributed by atoms with Crippen molar-refractivity contribution in [2.45, 2.75) is 13.1 Å². The van der Waals surface area contributed by atoms with Gasteiger partial charge in [-0.3, -0.25) is 8.97 Å². The van der Waals surface area contributed by atoms with Crippen molar-refractivity contribution in [3.63, 3.8) is 0 Å². The van der Waals surface area contributed by atoms with Gasteiger partial charge in [-0.05, 0) is 70.2 Å². The van der Waals surface area contributed by atoms with Crippen LogP contribution in [-0.2, 0) is 0 Å². The SMILES string of the molecule is C[Si]1(C)Oc2ccccc2Oc2c(cccc2[Si](c2ccccc2)(c2ccccc2)c2cccc(-n3c4ccccc4n4c5ccccc5nc34)c2)O1. The van der Waals surface area contributed by atoms with E-state index in [0.29, 0.717) is 17.2 Å². The monoisotopic (exact) mass is 721 g/mol. The van der Waals surface area contributed by atoms with E-state index < -0.39 is 16.6 Å². The number of hydrogen-bond acceptors (Lipinski definition) is 4. The zero-order valence-electron chi connectivity index (χ0n) is 29.3. The molecule has 0 radical (unpaired) electrons. The lowest BCUT2D eigenvalue weighted by Crippen LogP contribution is -2.75. The van der Waals surface area contributed by atoms with Gasteiger partial charge in [0, 0.05) is 24.0 Å². The van der Waals surface area contributed by atoms with Crippen LogP contribution in [0.3, 0.4) is 0 Å². The van der Waals surface area contributed by atoms with Gasteiger partial charge in [0.1, 0.15) is 11.5 Å². The third-order valence-corrected chi connectivity index (χ3v) is 16.4. The maximum atomic E-state index is 7.02. The third kappa shape index (κ3) is 4.94. The summed E-state index contributed by atoms with van der Waals surface area (Å²) < 4.78 is 24.9. The summed E-state index contributed by atoms with van der Waals surface area (Å²) in [6.45, 7) is 4.16. The van der Waals surface area contributed by atoms with Gasteiger partial charge in [-0.15, -0.1) is 0 Å². The number of rotatable bonds is 5. The molecule has 2 aromatic heterocycles. The van der Waals surface area contributed by atoms with E-state index >= 15 is 0 Å². The molecule has 0 spiro atoms. The second-order valence-corrected chi connectivity index (χ2v) is 20.9. The summed E-state index contributed by atoms with van der Waals surface area (Å²) in [4.78, 5) is 5.20. The zero-order chi connectivity index (χ0) is 35.6. The summed E-state index contributed by atoms with van der Waals surface area (Å²) in [5.74, 6) is 3.66. The molecule has 0 unspecified atom stereocenters. The van der Waals surface area contributed by atoms with Gasteiger partial charge in [0.25, 0.3) is 0 Å². The quantitative estimate of drug-likeness (QED) is 0.133. The largest absolute Gasteiger partial charge is 0.509 e. The highest BCUT2D eigenvalue weighted by Gasteiger charge is 2.46. The van der Waals surface area contributed by atoms with Crippen molar-refractivity contribution in [3.05, 3.63) is 176 Å². The van der Waals surface area contributed by atoms with E-state index in [4.69, 9.17) is 18.6 Å². The summed E-state index contributed by atoms with van der Waals surface area (Å²) in [6.07, 6.45) is 0. The molecule has 7 aromatic carbocycles. The van der Waals surface area contributed by atoms with Crippen LogP contribution in [0.4, 0.5) is 0 Å². The lowest BCUT2D eigenvalue weighted by molar-refractivity contribution is 0.346. The molecule has 0 saturated carbocycles. The standard InChI is InChI=1S/C45H35N3O3Si2/c1-52(2)50-41-28-14-13-27-40(41)49-44-42(51-52)29-16-30-43(44)53(33-18-5-3-6-19-33,34-20-7-4-8-21-34)35-22-15-17-32(31-35)47-38-25-11-12-26-39(38)48-37-24-10-9-23-36(37)46-45(47)48/h3-31H,1-2H3. The highest BCUT2D eigenvalue weighted by molar-refractivity contribution is 7.20. The number of nitrogens with zero attached hydrogens (tertiary/aromatic N) is 3. The Hall–Kier alpha value is -6.36. The van der Waals surface area contributed by atoms with E-state index in [-0.39, 0.29) is 0 Å². The Kier molecular flexibility index (Phi) is 7.18. The molecule has 3 heterocycles. The molecule has 8 heteroatoms. The fourth-order valence-corrected chi connectivity index (χ4v) is 14.4. The van der Waals surface area contributed by atoms with Crippen LogP contribution in [0.25, 0.3) is 33.5 Å². The second kappa shape index (κ2) is 12.1. The lowest BCUT2D eigenvalue weighted by atomic mass is 10.2. The van der Waals surface area contributed by atoms with Crippen molar-refractivity contribution in [3.8, 4) is 28.7 Å². The van der Waals surface area contributed by atoms with Crippen LogP contribution in [0.5, 0.6) is 23.0 Å². The van der Waals surface area contributed by atoms with E-state index in [1.807, 2.05) is 36.4 Å². The lowest BCUT2D eigenvalue weighted by Gasteiger charge is -2.37. The summed E-state index contributed by atoms with van der Waals surface area (Å²) in [7, 11) is -5.85. The molecule has 0 bridgehead atoms. The minimum absolute atomic E-state index is 0.676. The predicted octanol–water partition coefficient (Wildman–Crippen LogP) is 8.07. The summed E-state index contributed by atoms with van der Waals surface area (Å²) >= 11 is 0. The molecular formula is C45H35N3O3Si2. The molecule has 0 N–H and O–H groups in total. The fourth-order valence-electron chi connectivity index (χ4n) is 8.10. The Morgan fingerprint density at radius 2 is 1.08 bits per heavy atom. The van der Waals surface area contributed by atoms with E-state index in [2.05, 4.69) is 162 Å². The second-order valence-electron chi connectivity index (χ2n) is 13.9. The van der Waals surface area contributed by atoms with Crippen LogP contribution in [0.1, 0.15) is 0 Å². The molecule has 256 valence electrons. The van der Waals surface area contributed by atoms with Crippen LogP contribution in [0, 0.1) is 0 Å². The molecule has 0 atom stereocenters. The molecule has 1 aliphatic heterocycles. The first kappa shape index (κ1) is 31.4.